The third kappa shape index (κ3) is 5.09. The summed E-state index contributed by atoms with van der Waals surface area (Å²) < 4.78 is 0. The van der Waals surface area contributed by atoms with Gasteiger partial charge in [-0.3, -0.25) is 9.59 Å². The minimum atomic E-state index is -0.115. The van der Waals surface area contributed by atoms with E-state index in [9.17, 15) is 9.59 Å². The molecule has 142 valence electrons. The Morgan fingerprint density at radius 3 is 2.41 bits per heavy atom. The molecule has 0 aliphatic carbocycles. The summed E-state index contributed by atoms with van der Waals surface area (Å²) in [5.74, 6) is -0.131. The number of carbonyl (C=O) groups is 2. The molecule has 0 saturated carbocycles. The third-order valence-corrected chi connectivity index (χ3v) is 5.05. The zero-order valence-corrected chi connectivity index (χ0v) is 16.1. The highest BCUT2D eigenvalue weighted by atomic mass is 16.2. The fourth-order valence-electron chi connectivity index (χ4n) is 3.37. The summed E-state index contributed by atoms with van der Waals surface area (Å²) in [5, 5.41) is 2.76. The Balaban J connectivity index is 1.44. The maximum Gasteiger partial charge on any atom is 0.242 e. The van der Waals surface area contributed by atoms with Crippen LogP contribution in [0.1, 0.15) is 16.7 Å². The topological polar surface area (TPSA) is 52.6 Å². The molecular formula is C22H27N3O2. The van der Waals surface area contributed by atoms with E-state index in [0.717, 1.165) is 24.2 Å². The fraction of sp³-hybridized carbons (Fsp3) is 0.364. The van der Waals surface area contributed by atoms with Crippen LogP contribution in [0.4, 0.5) is 5.69 Å². The molecule has 1 fully saturated rings. The Labute approximate surface area is 161 Å². The number of aryl methyl sites for hydroxylation is 2. The van der Waals surface area contributed by atoms with Crippen LogP contribution >= 0.6 is 0 Å². The van der Waals surface area contributed by atoms with Crippen molar-refractivity contribution in [1.82, 2.24) is 10.2 Å². The van der Waals surface area contributed by atoms with Crippen molar-refractivity contribution in [3.05, 3.63) is 65.2 Å². The second kappa shape index (κ2) is 8.71. The molecule has 0 aromatic heterocycles. The van der Waals surface area contributed by atoms with Crippen molar-refractivity contribution in [2.24, 2.45) is 0 Å². The Hall–Kier alpha value is -2.82. The molecule has 1 aliphatic rings. The molecule has 0 bridgehead atoms. The first-order chi connectivity index (χ1) is 13.0. The van der Waals surface area contributed by atoms with E-state index in [1.54, 1.807) is 0 Å². The zero-order chi connectivity index (χ0) is 19.2. The maximum absolute atomic E-state index is 12.4. The van der Waals surface area contributed by atoms with Crippen molar-refractivity contribution < 1.29 is 9.59 Å². The first-order valence-corrected chi connectivity index (χ1v) is 9.43. The number of piperazine rings is 1. The smallest absolute Gasteiger partial charge is 0.242 e. The van der Waals surface area contributed by atoms with Crippen molar-refractivity contribution in [3.8, 4) is 0 Å². The molecule has 2 amide bonds. The fourth-order valence-corrected chi connectivity index (χ4v) is 3.37. The second-order valence-electron chi connectivity index (χ2n) is 7.09. The van der Waals surface area contributed by atoms with Gasteiger partial charge < -0.3 is 15.1 Å². The molecule has 2 aromatic rings. The number of amides is 2. The molecule has 5 nitrogen and oxygen atoms in total. The number of hydrogen-bond acceptors (Lipinski definition) is 3. The molecule has 1 heterocycles. The summed E-state index contributed by atoms with van der Waals surface area (Å²) in [5.41, 5.74) is 4.52. The van der Waals surface area contributed by atoms with E-state index < -0.39 is 0 Å². The van der Waals surface area contributed by atoms with Gasteiger partial charge in [-0.05, 0) is 42.7 Å². The van der Waals surface area contributed by atoms with Crippen molar-refractivity contribution in [2.45, 2.75) is 20.3 Å². The number of carbonyl (C=O) groups excluding carboxylic acids is 2. The summed E-state index contributed by atoms with van der Waals surface area (Å²) in [6.07, 6.45) is 0.307. The van der Waals surface area contributed by atoms with Crippen LogP contribution in [0, 0.1) is 13.8 Å². The van der Waals surface area contributed by atoms with Crippen LogP contribution in [0.25, 0.3) is 0 Å². The highest BCUT2D eigenvalue weighted by Gasteiger charge is 2.21. The monoisotopic (exact) mass is 365 g/mol. The quantitative estimate of drug-likeness (QED) is 0.885. The van der Waals surface area contributed by atoms with E-state index in [-0.39, 0.29) is 18.4 Å². The lowest BCUT2D eigenvalue weighted by atomic mass is 10.1. The van der Waals surface area contributed by atoms with Gasteiger partial charge in [-0.1, -0.05) is 36.4 Å². The molecule has 3 rings (SSSR count). The minimum Gasteiger partial charge on any atom is -0.368 e. The Bertz CT molecular complexity index is 811. The van der Waals surface area contributed by atoms with Gasteiger partial charge >= 0.3 is 0 Å². The molecule has 0 unspecified atom stereocenters. The number of nitrogens with one attached hydrogen (secondary N) is 1. The maximum atomic E-state index is 12.4. The van der Waals surface area contributed by atoms with Gasteiger partial charge in [0, 0.05) is 31.9 Å². The molecule has 0 radical (unpaired) electrons. The molecule has 1 saturated heterocycles. The van der Waals surface area contributed by atoms with Crippen LogP contribution in [-0.2, 0) is 16.0 Å². The molecule has 1 N–H and O–H groups in total. The molecule has 2 aromatic carbocycles. The number of rotatable bonds is 5. The zero-order valence-electron chi connectivity index (χ0n) is 16.1. The predicted molar refractivity (Wildman–Crippen MR) is 108 cm³/mol. The standard InChI is InChI=1S/C22H27N3O2/c1-17-6-5-9-20(14-17)24-10-12-25(13-11-24)22(27)16-23-21(26)15-19-8-4-3-7-18(19)2/h3-9,14H,10-13,15-16H2,1-2H3,(H,23,26). The first-order valence-electron chi connectivity index (χ1n) is 9.43. The largest absolute Gasteiger partial charge is 0.368 e. The van der Waals surface area contributed by atoms with E-state index in [1.165, 1.54) is 11.3 Å². The van der Waals surface area contributed by atoms with E-state index in [4.69, 9.17) is 0 Å². The van der Waals surface area contributed by atoms with Gasteiger partial charge in [-0.25, -0.2) is 0 Å². The van der Waals surface area contributed by atoms with Crippen LogP contribution in [0.2, 0.25) is 0 Å². The lowest BCUT2D eigenvalue weighted by Gasteiger charge is -2.36. The number of hydrogen-bond donors (Lipinski definition) is 1. The van der Waals surface area contributed by atoms with Gasteiger partial charge in [-0.2, -0.15) is 0 Å². The van der Waals surface area contributed by atoms with E-state index in [1.807, 2.05) is 36.1 Å². The highest BCUT2D eigenvalue weighted by Crippen LogP contribution is 2.17. The summed E-state index contributed by atoms with van der Waals surface area (Å²) in [6, 6.07) is 16.2. The van der Waals surface area contributed by atoms with E-state index in [0.29, 0.717) is 19.5 Å². The van der Waals surface area contributed by atoms with Gasteiger partial charge in [0.15, 0.2) is 0 Å². The van der Waals surface area contributed by atoms with Crippen LogP contribution in [0.3, 0.4) is 0 Å². The SMILES string of the molecule is Cc1cccc(N2CCN(C(=O)CNC(=O)Cc3ccccc3C)CC2)c1. The molecule has 1 aliphatic heterocycles. The Kier molecular flexibility index (Phi) is 6.12. The summed E-state index contributed by atoms with van der Waals surface area (Å²) >= 11 is 0. The van der Waals surface area contributed by atoms with Crippen LogP contribution < -0.4 is 10.2 Å². The van der Waals surface area contributed by atoms with Crippen molar-refractivity contribution in [1.29, 1.82) is 0 Å². The number of anilines is 1. The van der Waals surface area contributed by atoms with Crippen molar-refractivity contribution >= 4 is 17.5 Å². The summed E-state index contributed by atoms with van der Waals surface area (Å²) in [4.78, 5) is 28.7. The minimum absolute atomic E-state index is 0.0166. The van der Waals surface area contributed by atoms with Gasteiger partial charge in [0.05, 0.1) is 13.0 Å². The predicted octanol–water partition coefficient (Wildman–Crippen LogP) is 2.31. The van der Waals surface area contributed by atoms with Crippen LogP contribution in [0.15, 0.2) is 48.5 Å². The van der Waals surface area contributed by atoms with Gasteiger partial charge in [0.1, 0.15) is 0 Å². The average Bonchev–Trinajstić information content (AvgIpc) is 2.68. The normalized spacial score (nSPS) is 14.1. The lowest BCUT2D eigenvalue weighted by molar-refractivity contribution is -0.133. The highest BCUT2D eigenvalue weighted by molar-refractivity contribution is 5.86. The molecule has 27 heavy (non-hydrogen) atoms. The summed E-state index contributed by atoms with van der Waals surface area (Å²) in [7, 11) is 0. The number of benzene rings is 2. The van der Waals surface area contributed by atoms with Gasteiger partial charge in [-0.15, -0.1) is 0 Å². The second-order valence-corrected chi connectivity index (χ2v) is 7.09. The lowest BCUT2D eigenvalue weighted by Crippen LogP contribution is -2.51. The molecule has 5 heteroatoms. The van der Waals surface area contributed by atoms with Gasteiger partial charge in [0.25, 0.3) is 0 Å². The van der Waals surface area contributed by atoms with Gasteiger partial charge in [0.2, 0.25) is 11.8 Å². The van der Waals surface area contributed by atoms with Crippen LogP contribution in [-0.4, -0.2) is 49.4 Å². The first kappa shape index (κ1) is 19.0. The van der Waals surface area contributed by atoms with Crippen molar-refractivity contribution in [2.75, 3.05) is 37.6 Å². The number of nitrogens with zero attached hydrogens (tertiary/aromatic N) is 2. The van der Waals surface area contributed by atoms with E-state index >= 15 is 0 Å². The third-order valence-electron chi connectivity index (χ3n) is 5.05. The molecule has 0 spiro atoms. The molecular weight excluding hydrogens is 338 g/mol. The van der Waals surface area contributed by atoms with Crippen molar-refractivity contribution in [3.63, 3.8) is 0 Å². The average molecular weight is 365 g/mol. The van der Waals surface area contributed by atoms with Crippen LogP contribution in [0.5, 0.6) is 0 Å². The van der Waals surface area contributed by atoms with E-state index in [2.05, 4.69) is 41.4 Å². The summed E-state index contributed by atoms with van der Waals surface area (Å²) in [6.45, 7) is 7.12. The Morgan fingerprint density at radius 1 is 0.963 bits per heavy atom. The molecule has 0 atom stereocenters. The Morgan fingerprint density at radius 2 is 1.70 bits per heavy atom.